The van der Waals surface area contributed by atoms with Gasteiger partial charge >= 0.3 is 0 Å². The summed E-state index contributed by atoms with van der Waals surface area (Å²) in [6.45, 7) is 0.0258. The molecule has 1 aromatic heterocycles. The molecule has 2 rings (SSSR count). The number of carbonyl (C=O) groups is 2. The highest BCUT2D eigenvalue weighted by Crippen LogP contribution is 2.15. The number of anilines is 1. The minimum atomic E-state index is -0.587. The summed E-state index contributed by atoms with van der Waals surface area (Å²) in [5.74, 6) is -0.919. The summed E-state index contributed by atoms with van der Waals surface area (Å²) in [5.41, 5.74) is 12.7. The number of hydrogen-bond donors (Lipinski definition) is 3. The Morgan fingerprint density at radius 2 is 2.05 bits per heavy atom. The molecule has 5 N–H and O–H groups in total. The molecule has 2 aromatic rings. The molecule has 104 valence electrons. The van der Waals surface area contributed by atoms with Gasteiger partial charge < -0.3 is 16.4 Å². The summed E-state index contributed by atoms with van der Waals surface area (Å²) >= 11 is 0. The molecule has 1 aromatic carbocycles. The standard InChI is InChI=1S/C13H15N5O2/c14-11-4-2-1-3-9(11)7-18(8-12(15)19)13(20)10-5-16-17-6-10/h1-6H,7-8,14H2,(H2,15,19)(H,16,17). The molecule has 0 radical (unpaired) electrons. The molecular weight excluding hydrogens is 258 g/mol. The third kappa shape index (κ3) is 3.14. The summed E-state index contributed by atoms with van der Waals surface area (Å²) in [4.78, 5) is 24.7. The Labute approximate surface area is 115 Å². The van der Waals surface area contributed by atoms with Crippen molar-refractivity contribution in [2.24, 2.45) is 5.73 Å². The number of carbonyl (C=O) groups excluding carboxylic acids is 2. The highest BCUT2D eigenvalue weighted by atomic mass is 16.2. The monoisotopic (exact) mass is 273 g/mol. The van der Waals surface area contributed by atoms with Gasteiger partial charge in [0, 0.05) is 18.4 Å². The SMILES string of the molecule is NC(=O)CN(Cc1ccccc1N)C(=O)c1cn[nH]c1. The predicted octanol–water partition coefficient (Wildman–Crippen LogP) is 0.120. The van der Waals surface area contributed by atoms with Crippen molar-refractivity contribution >= 4 is 17.5 Å². The van der Waals surface area contributed by atoms with Gasteiger partial charge in [-0.1, -0.05) is 18.2 Å². The molecule has 20 heavy (non-hydrogen) atoms. The van der Waals surface area contributed by atoms with E-state index in [1.165, 1.54) is 17.3 Å². The number of aromatic amines is 1. The van der Waals surface area contributed by atoms with Crippen molar-refractivity contribution in [1.29, 1.82) is 0 Å². The van der Waals surface area contributed by atoms with Gasteiger partial charge in [-0.05, 0) is 11.6 Å². The maximum absolute atomic E-state index is 12.3. The van der Waals surface area contributed by atoms with Crippen LogP contribution in [0.2, 0.25) is 0 Å². The van der Waals surface area contributed by atoms with Gasteiger partial charge in [0.1, 0.15) is 0 Å². The van der Waals surface area contributed by atoms with Crippen LogP contribution in [-0.2, 0) is 11.3 Å². The number of benzene rings is 1. The second-order valence-corrected chi connectivity index (χ2v) is 4.31. The van der Waals surface area contributed by atoms with E-state index in [1.807, 2.05) is 6.07 Å². The van der Waals surface area contributed by atoms with Crippen molar-refractivity contribution in [3.05, 3.63) is 47.8 Å². The summed E-state index contributed by atoms with van der Waals surface area (Å²) in [5, 5.41) is 6.27. The fraction of sp³-hybridized carbons (Fsp3) is 0.154. The Morgan fingerprint density at radius 1 is 1.30 bits per heavy atom. The number of H-pyrrole nitrogens is 1. The molecule has 7 heteroatoms. The molecule has 0 fully saturated rings. The van der Waals surface area contributed by atoms with Crippen LogP contribution in [0.3, 0.4) is 0 Å². The van der Waals surface area contributed by atoms with Crippen molar-refractivity contribution in [2.75, 3.05) is 12.3 Å². The number of aromatic nitrogens is 2. The summed E-state index contributed by atoms with van der Waals surface area (Å²) in [6, 6.07) is 7.15. The van der Waals surface area contributed by atoms with E-state index in [1.54, 1.807) is 18.2 Å². The first kappa shape index (κ1) is 13.6. The van der Waals surface area contributed by atoms with Crippen LogP contribution in [0.4, 0.5) is 5.69 Å². The Bertz CT molecular complexity index is 609. The topological polar surface area (TPSA) is 118 Å². The molecule has 0 bridgehead atoms. The van der Waals surface area contributed by atoms with Crippen molar-refractivity contribution in [3.63, 3.8) is 0 Å². The van der Waals surface area contributed by atoms with Crippen LogP contribution in [0.1, 0.15) is 15.9 Å². The van der Waals surface area contributed by atoms with Crippen molar-refractivity contribution in [1.82, 2.24) is 15.1 Å². The van der Waals surface area contributed by atoms with Gasteiger partial charge in [-0.25, -0.2) is 0 Å². The molecule has 0 aliphatic heterocycles. The predicted molar refractivity (Wildman–Crippen MR) is 73.4 cm³/mol. The minimum Gasteiger partial charge on any atom is -0.398 e. The highest BCUT2D eigenvalue weighted by molar-refractivity contribution is 5.95. The Kier molecular flexibility index (Phi) is 3.99. The quantitative estimate of drug-likeness (QED) is 0.670. The molecule has 2 amide bonds. The second kappa shape index (κ2) is 5.87. The van der Waals surface area contributed by atoms with Gasteiger partial charge in [0.25, 0.3) is 5.91 Å². The number of nitrogens with two attached hydrogens (primary N) is 2. The zero-order chi connectivity index (χ0) is 14.5. The van der Waals surface area contributed by atoms with Crippen molar-refractivity contribution < 1.29 is 9.59 Å². The molecule has 0 unspecified atom stereocenters. The van der Waals surface area contributed by atoms with Gasteiger partial charge in [-0.2, -0.15) is 5.10 Å². The van der Waals surface area contributed by atoms with Crippen LogP contribution >= 0.6 is 0 Å². The van der Waals surface area contributed by atoms with Gasteiger partial charge in [0.2, 0.25) is 5.91 Å². The van der Waals surface area contributed by atoms with E-state index in [0.717, 1.165) is 5.56 Å². The normalized spacial score (nSPS) is 10.2. The van der Waals surface area contributed by atoms with Crippen LogP contribution in [-0.4, -0.2) is 33.5 Å². The van der Waals surface area contributed by atoms with Crippen molar-refractivity contribution in [2.45, 2.75) is 6.54 Å². The third-order valence-electron chi connectivity index (χ3n) is 2.80. The van der Waals surface area contributed by atoms with Crippen LogP contribution in [0, 0.1) is 0 Å². The number of nitrogens with one attached hydrogen (secondary N) is 1. The van der Waals surface area contributed by atoms with Crippen LogP contribution in [0.5, 0.6) is 0 Å². The van der Waals surface area contributed by atoms with E-state index < -0.39 is 5.91 Å². The summed E-state index contributed by atoms with van der Waals surface area (Å²) in [6.07, 6.45) is 2.86. The first-order chi connectivity index (χ1) is 9.58. The molecule has 0 atom stereocenters. The number of primary amides is 1. The smallest absolute Gasteiger partial charge is 0.257 e. The van der Waals surface area contributed by atoms with E-state index in [0.29, 0.717) is 11.3 Å². The van der Waals surface area contributed by atoms with E-state index in [2.05, 4.69) is 10.2 Å². The van der Waals surface area contributed by atoms with Crippen molar-refractivity contribution in [3.8, 4) is 0 Å². The van der Waals surface area contributed by atoms with Gasteiger partial charge in [-0.15, -0.1) is 0 Å². The summed E-state index contributed by atoms with van der Waals surface area (Å²) < 4.78 is 0. The molecule has 0 aliphatic rings. The average Bonchev–Trinajstić information content (AvgIpc) is 2.93. The Balaban J connectivity index is 2.22. The largest absolute Gasteiger partial charge is 0.398 e. The zero-order valence-corrected chi connectivity index (χ0v) is 10.7. The first-order valence-corrected chi connectivity index (χ1v) is 5.97. The number of amides is 2. The lowest BCUT2D eigenvalue weighted by Crippen LogP contribution is -2.38. The lowest BCUT2D eigenvalue weighted by atomic mass is 10.1. The fourth-order valence-electron chi connectivity index (χ4n) is 1.82. The number of para-hydroxylation sites is 1. The first-order valence-electron chi connectivity index (χ1n) is 5.97. The van der Waals surface area contributed by atoms with E-state index in [-0.39, 0.29) is 19.0 Å². The van der Waals surface area contributed by atoms with E-state index in [4.69, 9.17) is 11.5 Å². The average molecular weight is 273 g/mol. The highest BCUT2D eigenvalue weighted by Gasteiger charge is 2.19. The minimum absolute atomic E-state index is 0.182. The number of nitrogen functional groups attached to an aromatic ring is 1. The van der Waals surface area contributed by atoms with Crippen LogP contribution < -0.4 is 11.5 Å². The number of rotatable bonds is 5. The molecule has 0 saturated heterocycles. The lowest BCUT2D eigenvalue weighted by Gasteiger charge is -2.21. The molecular formula is C13H15N5O2. The fourth-order valence-corrected chi connectivity index (χ4v) is 1.82. The molecule has 7 nitrogen and oxygen atoms in total. The summed E-state index contributed by atoms with van der Waals surface area (Å²) in [7, 11) is 0. The third-order valence-corrected chi connectivity index (χ3v) is 2.80. The molecule has 0 aliphatic carbocycles. The zero-order valence-electron chi connectivity index (χ0n) is 10.7. The molecule has 0 saturated carbocycles. The van der Waals surface area contributed by atoms with Crippen LogP contribution in [0.15, 0.2) is 36.7 Å². The maximum Gasteiger partial charge on any atom is 0.257 e. The second-order valence-electron chi connectivity index (χ2n) is 4.31. The molecule has 0 spiro atoms. The Morgan fingerprint density at radius 3 is 2.65 bits per heavy atom. The number of hydrogen-bond acceptors (Lipinski definition) is 4. The lowest BCUT2D eigenvalue weighted by molar-refractivity contribution is -0.118. The van der Waals surface area contributed by atoms with Gasteiger partial charge in [0.15, 0.2) is 0 Å². The van der Waals surface area contributed by atoms with Crippen LogP contribution in [0.25, 0.3) is 0 Å². The van der Waals surface area contributed by atoms with Gasteiger partial charge in [0.05, 0.1) is 18.3 Å². The van der Waals surface area contributed by atoms with E-state index in [9.17, 15) is 9.59 Å². The van der Waals surface area contributed by atoms with Gasteiger partial charge in [-0.3, -0.25) is 14.7 Å². The maximum atomic E-state index is 12.3. The molecule has 1 heterocycles. The number of nitrogens with zero attached hydrogens (tertiary/aromatic N) is 2. The van der Waals surface area contributed by atoms with E-state index >= 15 is 0 Å². The Hall–Kier alpha value is -2.83.